The maximum Gasteiger partial charge on any atom is 0.323 e. The number of nitrogens with zero attached hydrogens (tertiary/aromatic N) is 2. The molecule has 1 N–H and O–H groups in total. The van der Waals surface area contributed by atoms with Gasteiger partial charge in [-0.25, -0.2) is 4.90 Å². The summed E-state index contributed by atoms with van der Waals surface area (Å²) in [5.41, 5.74) is 1.70. The Morgan fingerprint density at radius 1 is 1.04 bits per heavy atom. The lowest BCUT2D eigenvalue weighted by molar-refractivity contribution is -0.145. The van der Waals surface area contributed by atoms with Crippen LogP contribution in [-0.2, 0) is 19.1 Å². The number of methoxy groups -OCH3 is 1. The second-order valence-corrected chi connectivity index (χ2v) is 6.78. The van der Waals surface area contributed by atoms with E-state index in [1.54, 1.807) is 54.6 Å². The van der Waals surface area contributed by atoms with Crippen molar-refractivity contribution < 1.29 is 19.1 Å². The van der Waals surface area contributed by atoms with Crippen LogP contribution in [0.2, 0.25) is 0 Å². The molecule has 0 unspecified atom stereocenters. The van der Waals surface area contributed by atoms with Crippen LogP contribution < -0.4 is 10.2 Å². The zero-order valence-corrected chi connectivity index (χ0v) is 15.0. The van der Waals surface area contributed by atoms with Crippen LogP contribution in [0, 0.1) is 23.2 Å². The van der Waals surface area contributed by atoms with Gasteiger partial charge in [0.1, 0.15) is 6.04 Å². The van der Waals surface area contributed by atoms with Crippen LogP contribution in [0.5, 0.6) is 0 Å². The third kappa shape index (κ3) is 2.66. The fraction of sp³-hybridized carbons (Fsp3) is 0.238. The number of fused-ring (bicyclic) bond motifs is 1. The number of para-hydroxylation sites is 1. The van der Waals surface area contributed by atoms with Crippen molar-refractivity contribution in [1.29, 1.82) is 5.26 Å². The van der Waals surface area contributed by atoms with Crippen LogP contribution in [0.3, 0.4) is 0 Å². The smallest absolute Gasteiger partial charge is 0.323 e. The van der Waals surface area contributed by atoms with Crippen LogP contribution in [0.4, 0.5) is 5.69 Å². The molecule has 4 atom stereocenters. The monoisotopic (exact) mass is 375 g/mol. The molecule has 0 saturated carbocycles. The van der Waals surface area contributed by atoms with E-state index in [4.69, 9.17) is 10.00 Å². The molecule has 2 aliphatic heterocycles. The van der Waals surface area contributed by atoms with Crippen molar-refractivity contribution in [3.8, 4) is 6.07 Å². The zero-order chi connectivity index (χ0) is 19.8. The standard InChI is InChI=1S/C21H17N3O4/c1-28-21(27)18-16-15(17(23-18)13-9-7-12(11-22)8-10-13)19(25)24(20(16)26)14-5-3-2-4-6-14/h2-10,15-18,23H,1H3/t15-,16+,17-,18-/m1/s1. The second kappa shape index (κ2) is 6.91. The Morgan fingerprint density at radius 3 is 2.29 bits per heavy atom. The summed E-state index contributed by atoms with van der Waals surface area (Å²) in [5.74, 6) is -2.93. The topological polar surface area (TPSA) is 99.5 Å². The Hall–Kier alpha value is -3.50. The van der Waals surface area contributed by atoms with Crippen LogP contribution in [-0.4, -0.2) is 30.9 Å². The lowest BCUT2D eigenvalue weighted by Gasteiger charge is -2.22. The van der Waals surface area contributed by atoms with E-state index in [0.717, 1.165) is 10.5 Å². The molecule has 0 spiro atoms. The molecular formula is C21H17N3O4. The summed E-state index contributed by atoms with van der Waals surface area (Å²) in [6.07, 6.45) is 0. The first-order chi connectivity index (χ1) is 13.6. The van der Waals surface area contributed by atoms with Gasteiger partial charge in [0.15, 0.2) is 0 Å². The van der Waals surface area contributed by atoms with E-state index in [0.29, 0.717) is 11.3 Å². The average molecular weight is 375 g/mol. The molecule has 2 heterocycles. The molecule has 7 nitrogen and oxygen atoms in total. The molecule has 0 aliphatic carbocycles. The molecule has 2 fully saturated rings. The van der Waals surface area contributed by atoms with Crippen molar-refractivity contribution >= 4 is 23.5 Å². The Balaban J connectivity index is 1.76. The van der Waals surface area contributed by atoms with E-state index in [1.165, 1.54) is 7.11 Å². The number of carbonyl (C=O) groups is 3. The molecule has 2 aromatic carbocycles. The number of hydrogen-bond donors (Lipinski definition) is 1. The molecule has 28 heavy (non-hydrogen) atoms. The molecule has 140 valence electrons. The molecule has 0 aromatic heterocycles. The van der Waals surface area contributed by atoms with Gasteiger partial charge in [0.05, 0.1) is 36.3 Å². The van der Waals surface area contributed by atoms with Crippen molar-refractivity contribution in [3.05, 3.63) is 65.7 Å². The number of ether oxygens (including phenoxy) is 1. The van der Waals surface area contributed by atoms with E-state index >= 15 is 0 Å². The van der Waals surface area contributed by atoms with Gasteiger partial charge in [-0.15, -0.1) is 0 Å². The minimum Gasteiger partial charge on any atom is -0.468 e. The molecule has 2 amide bonds. The fourth-order valence-electron chi connectivity index (χ4n) is 4.06. The van der Waals surface area contributed by atoms with E-state index in [-0.39, 0.29) is 5.91 Å². The number of nitriles is 1. The second-order valence-electron chi connectivity index (χ2n) is 6.78. The predicted octanol–water partition coefficient (Wildman–Crippen LogP) is 1.55. The number of nitrogens with one attached hydrogen (secondary N) is 1. The Morgan fingerprint density at radius 2 is 1.68 bits per heavy atom. The zero-order valence-electron chi connectivity index (χ0n) is 15.0. The largest absolute Gasteiger partial charge is 0.468 e. The van der Waals surface area contributed by atoms with Crippen molar-refractivity contribution in [2.45, 2.75) is 12.1 Å². The quantitative estimate of drug-likeness (QED) is 0.645. The summed E-state index contributed by atoms with van der Waals surface area (Å²) in [6, 6.07) is 16.0. The number of rotatable bonds is 3. The van der Waals surface area contributed by atoms with Crippen molar-refractivity contribution in [3.63, 3.8) is 0 Å². The maximum absolute atomic E-state index is 13.2. The summed E-state index contributed by atoms with van der Waals surface area (Å²) in [7, 11) is 1.25. The first-order valence-electron chi connectivity index (χ1n) is 8.83. The molecule has 7 heteroatoms. The lowest BCUT2D eigenvalue weighted by Crippen LogP contribution is -2.43. The first-order valence-corrected chi connectivity index (χ1v) is 8.83. The van der Waals surface area contributed by atoms with Crippen LogP contribution in [0.1, 0.15) is 17.2 Å². The third-order valence-electron chi connectivity index (χ3n) is 5.34. The number of esters is 1. The van der Waals surface area contributed by atoms with E-state index in [1.807, 2.05) is 6.07 Å². The van der Waals surface area contributed by atoms with E-state index in [2.05, 4.69) is 5.32 Å². The molecule has 2 aliphatic rings. The molecule has 2 aromatic rings. The number of carbonyl (C=O) groups excluding carboxylic acids is 3. The number of imide groups is 1. The summed E-state index contributed by atoms with van der Waals surface area (Å²) in [6.45, 7) is 0. The van der Waals surface area contributed by atoms with Crippen molar-refractivity contribution in [2.24, 2.45) is 11.8 Å². The SMILES string of the molecule is COC(=O)[C@@H]1N[C@H](c2ccc(C#N)cc2)[C@@H]2C(=O)N(c3ccccc3)C(=O)[C@@H]21. The van der Waals surface area contributed by atoms with Gasteiger partial charge in [-0.2, -0.15) is 5.26 Å². The average Bonchev–Trinajstić information content (AvgIpc) is 3.25. The van der Waals surface area contributed by atoms with Gasteiger partial charge in [0.25, 0.3) is 0 Å². The highest BCUT2D eigenvalue weighted by Crippen LogP contribution is 2.45. The summed E-state index contributed by atoms with van der Waals surface area (Å²) in [5, 5.41) is 12.1. The van der Waals surface area contributed by atoms with Crippen LogP contribution in [0.25, 0.3) is 0 Å². The molecule has 0 bridgehead atoms. The summed E-state index contributed by atoms with van der Waals surface area (Å²) >= 11 is 0. The highest BCUT2D eigenvalue weighted by Gasteiger charge is 2.61. The number of benzene rings is 2. The van der Waals surface area contributed by atoms with E-state index < -0.39 is 35.8 Å². The minimum absolute atomic E-state index is 0.352. The van der Waals surface area contributed by atoms with Gasteiger partial charge in [-0.05, 0) is 29.8 Å². The van der Waals surface area contributed by atoms with Gasteiger partial charge in [0.2, 0.25) is 11.8 Å². The molecule has 0 radical (unpaired) electrons. The Bertz CT molecular complexity index is 981. The van der Waals surface area contributed by atoms with Crippen LogP contribution in [0.15, 0.2) is 54.6 Å². The van der Waals surface area contributed by atoms with E-state index in [9.17, 15) is 14.4 Å². The van der Waals surface area contributed by atoms with Gasteiger partial charge in [0, 0.05) is 6.04 Å². The predicted molar refractivity (Wildman–Crippen MR) is 98.8 cm³/mol. The number of hydrogen-bond acceptors (Lipinski definition) is 6. The van der Waals surface area contributed by atoms with Crippen molar-refractivity contribution in [1.82, 2.24) is 5.32 Å². The first kappa shape index (κ1) is 17.9. The lowest BCUT2D eigenvalue weighted by atomic mass is 9.86. The minimum atomic E-state index is -0.916. The maximum atomic E-state index is 13.2. The summed E-state index contributed by atoms with van der Waals surface area (Å²) in [4.78, 5) is 39.8. The highest BCUT2D eigenvalue weighted by atomic mass is 16.5. The normalized spacial score (nSPS) is 26.1. The van der Waals surface area contributed by atoms with Crippen LogP contribution >= 0.6 is 0 Å². The van der Waals surface area contributed by atoms with Gasteiger partial charge in [-0.1, -0.05) is 30.3 Å². The van der Waals surface area contributed by atoms with Crippen molar-refractivity contribution in [2.75, 3.05) is 12.0 Å². The molecule has 4 rings (SSSR count). The Labute approximate surface area is 161 Å². The van der Waals surface area contributed by atoms with Gasteiger partial charge < -0.3 is 4.74 Å². The number of anilines is 1. The molecule has 2 saturated heterocycles. The number of amides is 2. The highest BCUT2D eigenvalue weighted by molar-refractivity contribution is 6.23. The fourth-order valence-corrected chi connectivity index (χ4v) is 4.06. The Kier molecular flexibility index (Phi) is 4.41. The summed E-state index contributed by atoms with van der Waals surface area (Å²) < 4.78 is 4.86. The van der Waals surface area contributed by atoms with Gasteiger partial charge in [-0.3, -0.25) is 19.7 Å². The van der Waals surface area contributed by atoms with Gasteiger partial charge >= 0.3 is 5.97 Å². The molecular weight excluding hydrogens is 358 g/mol. The third-order valence-corrected chi connectivity index (χ3v) is 5.34.